The van der Waals surface area contributed by atoms with Gasteiger partial charge >= 0.3 is 5.97 Å². The molecule has 164 valence electrons. The number of alkyl halides is 1. The van der Waals surface area contributed by atoms with Gasteiger partial charge in [-0.1, -0.05) is 83.6 Å². The third kappa shape index (κ3) is 7.81. The maximum Gasteiger partial charge on any atom is 0.346 e. The smallest absolute Gasteiger partial charge is 0.346 e. The fraction of sp³-hybridized carbons (Fsp3) is 0.500. The second-order valence-corrected chi connectivity index (χ2v) is 7.87. The predicted molar refractivity (Wildman–Crippen MR) is 121 cm³/mol. The van der Waals surface area contributed by atoms with E-state index in [9.17, 15) is 9.18 Å². The van der Waals surface area contributed by atoms with Gasteiger partial charge in [0.15, 0.2) is 6.17 Å². The van der Waals surface area contributed by atoms with E-state index < -0.39 is 12.1 Å². The molecule has 0 saturated heterocycles. The highest BCUT2D eigenvalue weighted by Crippen LogP contribution is 2.25. The van der Waals surface area contributed by atoms with Gasteiger partial charge < -0.3 is 9.47 Å². The van der Waals surface area contributed by atoms with E-state index in [1.807, 2.05) is 43.3 Å². The molecule has 0 amide bonds. The van der Waals surface area contributed by atoms with E-state index in [4.69, 9.17) is 9.47 Å². The van der Waals surface area contributed by atoms with Crippen LogP contribution in [0, 0.1) is 5.92 Å². The summed E-state index contributed by atoms with van der Waals surface area (Å²) in [6.07, 6.45) is 6.48. The molecule has 0 spiro atoms. The number of carbonyl (C=O) groups excluding carboxylic acids is 1. The predicted octanol–water partition coefficient (Wildman–Crippen LogP) is 7.38. The molecule has 0 aliphatic rings. The van der Waals surface area contributed by atoms with Crippen LogP contribution >= 0.6 is 0 Å². The molecule has 0 aromatic heterocycles. The molecule has 4 heteroatoms. The second-order valence-electron chi connectivity index (χ2n) is 7.87. The van der Waals surface area contributed by atoms with E-state index in [1.54, 1.807) is 19.1 Å². The zero-order valence-corrected chi connectivity index (χ0v) is 18.5. The monoisotopic (exact) mass is 414 g/mol. The Labute approximate surface area is 180 Å². The normalized spacial score (nSPS) is 12.9. The molecule has 0 aliphatic heterocycles. The molecule has 0 bridgehead atoms. The van der Waals surface area contributed by atoms with E-state index in [-0.39, 0.29) is 5.92 Å². The van der Waals surface area contributed by atoms with Crippen molar-refractivity contribution in [2.45, 2.75) is 71.9 Å². The second kappa shape index (κ2) is 13.0. The first kappa shape index (κ1) is 23.9. The van der Waals surface area contributed by atoms with Gasteiger partial charge in [-0.25, -0.2) is 9.18 Å². The van der Waals surface area contributed by atoms with Gasteiger partial charge in [-0.15, -0.1) is 0 Å². The van der Waals surface area contributed by atoms with Crippen LogP contribution in [-0.2, 0) is 4.79 Å². The highest BCUT2D eigenvalue weighted by atomic mass is 19.1. The maximum atomic E-state index is 14.0. The lowest BCUT2D eigenvalue weighted by Gasteiger charge is -2.13. The average molecular weight is 415 g/mol. The van der Waals surface area contributed by atoms with Gasteiger partial charge in [0.25, 0.3) is 0 Å². The SMILES string of the molecule is CCCCCCCCOc1ccc(-c2ccc(OC(=O)[C@H](F)[C@@H](C)CC)cc2)cc1. The summed E-state index contributed by atoms with van der Waals surface area (Å²) in [6.45, 7) is 6.53. The Kier molecular flexibility index (Phi) is 10.4. The summed E-state index contributed by atoms with van der Waals surface area (Å²) in [4.78, 5) is 11.9. The molecule has 0 N–H and O–H groups in total. The van der Waals surface area contributed by atoms with E-state index in [0.717, 1.165) is 29.9 Å². The number of ether oxygens (including phenoxy) is 2. The molecule has 2 rings (SSSR count). The molecule has 2 atom stereocenters. The van der Waals surface area contributed by atoms with Crippen molar-refractivity contribution in [3.8, 4) is 22.6 Å². The average Bonchev–Trinajstić information content (AvgIpc) is 2.78. The molecule has 3 nitrogen and oxygen atoms in total. The lowest BCUT2D eigenvalue weighted by atomic mass is 10.0. The van der Waals surface area contributed by atoms with Gasteiger partial charge in [0, 0.05) is 0 Å². The molecule has 0 heterocycles. The van der Waals surface area contributed by atoms with Crippen molar-refractivity contribution < 1.29 is 18.7 Å². The van der Waals surface area contributed by atoms with E-state index >= 15 is 0 Å². The van der Waals surface area contributed by atoms with Crippen LogP contribution in [0.4, 0.5) is 4.39 Å². The van der Waals surface area contributed by atoms with Crippen LogP contribution in [-0.4, -0.2) is 18.7 Å². The van der Waals surface area contributed by atoms with Crippen LogP contribution in [0.25, 0.3) is 11.1 Å². The van der Waals surface area contributed by atoms with Crippen LogP contribution in [0.5, 0.6) is 11.5 Å². The zero-order valence-electron chi connectivity index (χ0n) is 18.5. The van der Waals surface area contributed by atoms with Crippen LogP contribution in [0.1, 0.15) is 65.7 Å². The van der Waals surface area contributed by atoms with Crippen molar-refractivity contribution in [3.05, 3.63) is 48.5 Å². The number of unbranched alkanes of at least 4 members (excludes halogenated alkanes) is 5. The van der Waals surface area contributed by atoms with E-state index in [0.29, 0.717) is 12.2 Å². The van der Waals surface area contributed by atoms with E-state index in [1.165, 1.54) is 32.1 Å². The number of benzene rings is 2. The molecular formula is C26H35FO3. The standard InChI is InChI=1S/C26H35FO3/c1-4-6-7-8-9-10-19-29-23-15-11-21(12-16-23)22-13-17-24(18-14-22)30-26(28)25(27)20(3)5-2/h11-18,20,25H,4-10,19H2,1-3H3/t20-,25+/m0/s1. The number of halogens is 1. The summed E-state index contributed by atoms with van der Waals surface area (Å²) >= 11 is 0. The Morgan fingerprint density at radius 1 is 0.833 bits per heavy atom. The Bertz CT molecular complexity index is 740. The molecular weight excluding hydrogens is 379 g/mol. The summed E-state index contributed by atoms with van der Waals surface area (Å²) in [5.74, 6) is 0.0491. The number of esters is 1. The fourth-order valence-corrected chi connectivity index (χ4v) is 3.14. The summed E-state index contributed by atoms with van der Waals surface area (Å²) in [6, 6.07) is 15.1. The lowest BCUT2D eigenvalue weighted by molar-refractivity contribution is -0.141. The van der Waals surface area contributed by atoms with Gasteiger partial charge in [-0.3, -0.25) is 0 Å². The fourth-order valence-electron chi connectivity index (χ4n) is 3.14. The topological polar surface area (TPSA) is 35.5 Å². The van der Waals surface area contributed by atoms with Crippen LogP contribution < -0.4 is 9.47 Å². The third-order valence-electron chi connectivity index (χ3n) is 5.40. The van der Waals surface area contributed by atoms with Gasteiger partial charge in [0.2, 0.25) is 0 Å². The first-order valence-corrected chi connectivity index (χ1v) is 11.2. The van der Waals surface area contributed by atoms with Crippen LogP contribution in [0.3, 0.4) is 0 Å². The minimum absolute atomic E-state index is 0.349. The summed E-state index contributed by atoms with van der Waals surface area (Å²) < 4.78 is 24.9. The summed E-state index contributed by atoms with van der Waals surface area (Å²) in [5.41, 5.74) is 2.04. The minimum Gasteiger partial charge on any atom is -0.494 e. The number of rotatable bonds is 13. The Balaban J connectivity index is 1.81. The van der Waals surface area contributed by atoms with Crippen LogP contribution in [0.15, 0.2) is 48.5 Å². The number of hydrogen-bond donors (Lipinski definition) is 0. The molecule has 2 aromatic rings. The molecule has 0 unspecified atom stereocenters. The van der Waals surface area contributed by atoms with Crippen LogP contribution in [0.2, 0.25) is 0 Å². The Morgan fingerprint density at radius 2 is 1.37 bits per heavy atom. The highest BCUT2D eigenvalue weighted by Gasteiger charge is 2.25. The van der Waals surface area contributed by atoms with Crippen molar-refractivity contribution in [2.75, 3.05) is 6.61 Å². The molecule has 0 saturated carbocycles. The molecule has 30 heavy (non-hydrogen) atoms. The van der Waals surface area contributed by atoms with Crippen molar-refractivity contribution in [1.29, 1.82) is 0 Å². The zero-order chi connectivity index (χ0) is 21.8. The van der Waals surface area contributed by atoms with Gasteiger partial charge in [-0.2, -0.15) is 0 Å². The molecule has 0 aliphatic carbocycles. The van der Waals surface area contributed by atoms with Gasteiger partial charge in [0.05, 0.1) is 6.61 Å². The number of hydrogen-bond acceptors (Lipinski definition) is 3. The maximum absolute atomic E-state index is 14.0. The molecule has 0 fully saturated rings. The molecule has 2 aromatic carbocycles. The highest BCUT2D eigenvalue weighted by molar-refractivity contribution is 5.77. The summed E-state index contributed by atoms with van der Waals surface area (Å²) in [7, 11) is 0. The first-order chi connectivity index (χ1) is 14.5. The minimum atomic E-state index is -1.60. The lowest BCUT2D eigenvalue weighted by Crippen LogP contribution is -2.27. The Morgan fingerprint density at radius 3 is 1.93 bits per heavy atom. The van der Waals surface area contributed by atoms with Gasteiger partial charge in [-0.05, 0) is 47.7 Å². The largest absolute Gasteiger partial charge is 0.494 e. The number of carbonyl (C=O) groups is 1. The third-order valence-corrected chi connectivity index (χ3v) is 5.40. The van der Waals surface area contributed by atoms with Crippen molar-refractivity contribution >= 4 is 5.97 Å². The molecule has 0 radical (unpaired) electrons. The first-order valence-electron chi connectivity index (χ1n) is 11.2. The quantitative estimate of drug-likeness (QED) is 0.195. The van der Waals surface area contributed by atoms with Crippen molar-refractivity contribution in [2.24, 2.45) is 5.92 Å². The van der Waals surface area contributed by atoms with Crippen molar-refractivity contribution in [1.82, 2.24) is 0 Å². The van der Waals surface area contributed by atoms with Gasteiger partial charge in [0.1, 0.15) is 11.5 Å². The van der Waals surface area contributed by atoms with E-state index in [2.05, 4.69) is 6.92 Å². The van der Waals surface area contributed by atoms with Crippen molar-refractivity contribution in [3.63, 3.8) is 0 Å². The summed E-state index contributed by atoms with van der Waals surface area (Å²) in [5, 5.41) is 0. The Hall–Kier alpha value is -2.36.